The van der Waals surface area contributed by atoms with Gasteiger partial charge in [-0.25, -0.2) is 9.97 Å². The lowest BCUT2D eigenvalue weighted by atomic mass is 10.1. The van der Waals surface area contributed by atoms with Crippen molar-refractivity contribution in [2.24, 2.45) is 0 Å². The van der Waals surface area contributed by atoms with E-state index in [1.54, 1.807) is 12.4 Å². The highest BCUT2D eigenvalue weighted by Crippen LogP contribution is 2.38. The Labute approximate surface area is 313 Å². The lowest BCUT2D eigenvalue weighted by molar-refractivity contribution is 0.586. The van der Waals surface area contributed by atoms with Crippen LogP contribution in [0.1, 0.15) is 0 Å². The Morgan fingerprint density at radius 2 is 0.611 bits per heavy atom. The summed E-state index contributed by atoms with van der Waals surface area (Å²) in [4.78, 5) is 13.7. The van der Waals surface area contributed by atoms with Gasteiger partial charge in [-0.15, -0.1) is 0 Å². The van der Waals surface area contributed by atoms with Gasteiger partial charge in [0.2, 0.25) is 11.8 Å². The van der Waals surface area contributed by atoms with E-state index < -0.39 is 0 Å². The minimum absolute atomic E-state index is 0.523. The number of anilines is 6. The molecule has 2 aromatic heterocycles. The van der Waals surface area contributed by atoms with E-state index >= 15 is 0 Å². The number of benzene rings is 7. The number of oxazole rings is 2. The average molecular weight is 699 g/mol. The van der Waals surface area contributed by atoms with Crippen LogP contribution in [-0.4, -0.2) is 9.97 Å². The molecule has 0 aliphatic rings. The van der Waals surface area contributed by atoms with Crippen LogP contribution in [0.3, 0.4) is 0 Å². The zero-order valence-electron chi connectivity index (χ0n) is 29.2. The van der Waals surface area contributed by atoms with Crippen molar-refractivity contribution >= 4 is 34.1 Å². The number of hydrogen-bond donors (Lipinski definition) is 0. The number of nitrogens with zero attached hydrogens (tertiary/aromatic N) is 4. The van der Waals surface area contributed by atoms with Crippen LogP contribution in [0.15, 0.2) is 215 Å². The molecule has 9 rings (SSSR count). The molecular formula is C48H34N4O2. The predicted octanol–water partition coefficient (Wildman–Crippen LogP) is 13.3. The van der Waals surface area contributed by atoms with Crippen LogP contribution in [0.25, 0.3) is 45.6 Å². The lowest BCUT2D eigenvalue weighted by Gasteiger charge is -2.25. The molecular weight excluding hydrogens is 665 g/mol. The first-order valence-electron chi connectivity index (χ1n) is 17.8. The second kappa shape index (κ2) is 14.7. The smallest absolute Gasteiger partial charge is 0.226 e. The summed E-state index contributed by atoms with van der Waals surface area (Å²) in [6.07, 6.45) is 3.54. The van der Waals surface area contributed by atoms with Crippen LogP contribution in [0.5, 0.6) is 0 Å². The second-order valence-corrected chi connectivity index (χ2v) is 12.7. The Bertz CT molecular complexity index is 2330. The highest BCUT2D eigenvalue weighted by Gasteiger charge is 2.16. The maximum atomic E-state index is 6.31. The minimum atomic E-state index is 0.523. The van der Waals surface area contributed by atoms with Crippen LogP contribution in [0, 0.1) is 0 Å². The van der Waals surface area contributed by atoms with E-state index in [9.17, 15) is 0 Å². The highest BCUT2D eigenvalue weighted by molar-refractivity contribution is 5.79. The lowest BCUT2D eigenvalue weighted by Crippen LogP contribution is -2.09. The Kier molecular flexibility index (Phi) is 8.81. The van der Waals surface area contributed by atoms with Gasteiger partial charge >= 0.3 is 0 Å². The van der Waals surface area contributed by atoms with Crippen LogP contribution >= 0.6 is 0 Å². The topological polar surface area (TPSA) is 58.5 Å². The first kappa shape index (κ1) is 32.5. The third-order valence-electron chi connectivity index (χ3n) is 9.25. The maximum Gasteiger partial charge on any atom is 0.226 e. The molecule has 0 amide bonds. The molecule has 0 saturated heterocycles. The molecule has 6 heteroatoms. The fraction of sp³-hybridized carbons (Fsp3) is 0. The van der Waals surface area contributed by atoms with Crippen molar-refractivity contribution in [3.05, 3.63) is 207 Å². The minimum Gasteiger partial charge on any atom is -0.436 e. The van der Waals surface area contributed by atoms with E-state index in [4.69, 9.17) is 8.83 Å². The van der Waals surface area contributed by atoms with Crippen molar-refractivity contribution in [2.45, 2.75) is 0 Å². The Morgan fingerprint density at radius 3 is 0.944 bits per heavy atom. The van der Waals surface area contributed by atoms with Gasteiger partial charge in [-0.1, -0.05) is 78.9 Å². The zero-order valence-corrected chi connectivity index (χ0v) is 29.2. The Balaban J connectivity index is 0.935. The number of rotatable bonds is 10. The molecule has 0 fully saturated rings. The van der Waals surface area contributed by atoms with E-state index in [0.717, 1.165) is 56.4 Å². The van der Waals surface area contributed by atoms with Gasteiger partial charge in [0.25, 0.3) is 0 Å². The molecule has 0 radical (unpaired) electrons. The van der Waals surface area contributed by atoms with E-state index in [0.29, 0.717) is 23.3 Å². The van der Waals surface area contributed by atoms with Gasteiger partial charge in [-0.2, -0.15) is 0 Å². The Morgan fingerprint density at radius 1 is 0.296 bits per heavy atom. The highest BCUT2D eigenvalue weighted by atomic mass is 16.4. The maximum absolute atomic E-state index is 6.31. The molecule has 0 aliphatic carbocycles. The molecule has 7 aromatic carbocycles. The van der Waals surface area contributed by atoms with E-state index in [-0.39, 0.29) is 0 Å². The summed E-state index contributed by atoms with van der Waals surface area (Å²) in [6, 6.07) is 66.0. The average Bonchev–Trinajstić information content (AvgIpc) is 3.95. The van der Waals surface area contributed by atoms with Crippen molar-refractivity contribution in [3.63, 3.8) is 0 Å². The third kappa shape index (κ3) is 6.67. The zero-order chi connectivity index (χ0) is 36.1. The molecule has 54 heavy (non-hydrogen) atoms. The summed E-state index contributed by atoms with van der Waals surface area (Å²) in [7, 11) is 0. The van der Waals surface area contributed by atoms with Crippen LogP contribution in [-0.2, 0) is 0 Å². The molecule has 258 valence electrons. The molecule has 0 bridgehead atoms. The van der Waals surface area contributed by atoms with Crippen molar-refractivity contribution < 1.29 is 8.83 Å². The monoisotopic (exact) mass is 698 g/mol. The predicted molar refractivity (Wildman–Crippen MR) is 218 cm³/mol. The van der Waals surface area contributed by atoms with Crippen molar-refractivity contribution in [2.75, 3.05) is 9.80 Å². The summed E-state index contributed by atoms with van der Waals surface area (Å²) < 4.78 is 12.6. The number of para-hydroxylation sites is 4. The van der Waals surface area contributed by atoms with Gasteiger partial charge < -0.3 is 18.6 Å². The summed E-state index contributed by atoms with van der Waals surface area (Å²) >= 11 is 0. The summed E-state index contributed by atoms with van der Waals surface area (Å²) in [6.45, 7) is 0. The fourth-order valence-electron chi connectivity index (χ4n) is 6.62. The number of hydrogen-bond acceptors (Lipinski definition) is 6. The van der Waals surface area contributed by atoms with Crippen LogP contribution in [0.4, 0.5) is 34.1 Å². The van der Waals surface area contributed by atoms with Gasteiger partial charge in [0.15, 0.2) is 11.5 Å². The van der Waals surface area contributed by atoms with E-state index in [1.165, 1.54) is 0 Å². The summed E-state index contributed by atoms with van der Waals surface area (Å²) in [5.41, 5.74) is 9.99. The molecule has 2 heterocycles. The van der Waals surface area contributed by atoms with Gasteiger partial charge in [0.1, 0.15) is 0 Å². The van der Waals surface area contributed by atoms with Gasteiger partial charge in [0, 0.05) is 56.4 Å². The van der Waals surface area contributed by atoms with Gasteiger partial charge in [0.05, 0.1) is 12.4 Å². The SMILES string of the molecule is c1ccc(N(c2ccccc2)c2ccc(-c3cnc(-c4cccc(-c5ncc(-c6ccc(N(c7ccccc7)c7ccccc7)cc6)o5)c4)o3)cc2)cc1. The van der Waals surface area contributed by atoms with Crippen molar-refractivity contribution in [1.29, 1.82) is 0 Å². The molecule has 0 N–H and O–H groups in total. The third-order valence-corrected chi connectivity index (χ3v) is 9.25. The molecule has 0 aliphatic heterocycles. The normalized spacial score (nSPS) is 11.0. The largest absolute Gasteiger partial charge is 0.436 e. The second-order valence-electron chi connectivity index (χ2n) is 12.7. The molecule has 9 aromatic rings. The van der Waals surface area contributed by atoms with Crippen LogP contribution < -0.4 is 9.80 Å². The summed E-state index contributed by atoms with van der Waals surface area (Å²) in [5.74, 6) is 2.42. The van der Waals surface area contributed by atoms with Gasteiger partial charge in [-0.3, -0.25) is 0 Å². The van der Waals surface area contributed by atoms with Crippen molar-refractivity contribution in [1.82, 2.24) is 9.97 Å². The molecule has 0 saturated carbocycles. The van der Waals surface area contributed by atoms with Gasteiger partial charge in [-0.05, 0) is 115 Å². The molecule has 0 spiro atoms. The standard InChI is InChI=1S/C48H34N4O2/c1-5-16-39(17-6-1)51(40-18-7-2-8-19-40)43-28-24-35(25-29-43)45-33-49-47(53-45)37-14-13-15-38(32-37)48-50-34-46(54-48)36-26-30-44(31-27-36)52(41-20-9-3-10-21-41)42-22-11-4-12-23-42/h1-34H. The Hall–Kier alpha value is -7.44. The summed E-state index contributed by atoms with van der Waals surface area (Å²) in [5, 5.41) is 0. The molecule has 6 nitrogen and oxygen atoms in total. The number of aromatic nitrogens is 2. The fourth-order valence-corrected chi connectivity index (χ4v) is 6.62. The van der Waals surface area contributed by atoms with Crippen LogP contribution in [0.2, 0.25) is 0 Å². The van der Waals surface area contributed by atoms with Crippen molar-refractivity contribution in [3.8, 4) is 45.6 Å². The van der Waals surface area contributed by atoms with E-state index in [1.807, 2.05) is 48.5 Å². The first-order chi connectivity index (χ1) is 26.8. The quantitative estimate of drug-likeness (QED) is 0.142. The molecule has 0 unspecified atom stereocenters. The molecule has 0 atom stereocenters. The first-order valence-corrected chi connectivity index (χ1v) is 17.8. The van der Waals surface area contributed by atoms with E-state index in [2.05, 4.69) is 165 Å².